The van der Waals surface area contributed by atoms with Crippen LogP contribution in [0.3, 0.4) is 0 Å². The van der Waals surface area contributed by atoms with Crippen LogP contribution in [0.15, 0.2) is 60.7 Å². The Hall–Kier alpha value is -3.15. The molecular weight excluding hydrogens is 320 g/mol. The lowest BCUT2D eigenvalue weighted by Crippen LogP contribution is -2.43. The molecule has 2 aromatic rings. The van der Waals surface area contributed by atoms with Crippen LogP contribution < -0.4 is 10.9 Å². The molecule has 1 unspecified atom stereocenters. The monoisotopic (exact) mass is 340 g/mol. The molecule has 0 radical (unpaired) electrons. The number of hydrogen-bond donors (Lipinski definition) is 2. The van der Waals surface area contributed by atoms with Crippen LogP contribution >= 0.6 is 0 Å². The van der Waals surface area contributed by atoms with Crippen LogP contribution in [0.2, 0.25) is 0 Å². The zero-order valence-electron chi connectivity index (χ0n) is 13.9. The largest absolute Gasteiger partial charge is 0.455 e. The number of rotatable bonds is 6. The molecule has 0 bridgehead atoms. The lowest BCUT2D eigenvalue weighted by Gasteiger charge is -2.14. The smallest absolute Gasteiger partial charge is 0.313 e. The highest BCUT2D eigenvalue weighted by atomic mass is 16.5. The maximum absolute atomic E-state index is 12.1. The lowest BCUT2D eigenvalue weighted by atomic mass is 9.97. The van der Waals surface area contributed by atoms with Crippen LogP contribution in [-0.4, -0.2) is 24.4 Å². The summed E-state index contributed by atoms with van der Waals surface area (Å²) in [6.45, 7) is 1.41. The summed E-state index contributed by atoms with van der Waals surface area (Å²) in [5, 5.41) is 0. The van der Waals surface area contributed by atoms with Crippen molar-refractivity contribution < 1.29 is 19.1 Å². The number of nitrogens with one attached hydrogen (secondary N) is 2. The minimum Gasteiger partial charge on any atom is -0.455 e. The third-order valence-electron chi connectivity index (χ3n) is 3.59. The molecular formula is C19H20N2O4. The lowest BCUT2D eigenvalue weighted by molar-refractivity contribution is -0.150. The van der Waals surface area contributed by atoms with Crippen LogP contribution in [0.5, 0.6) is 0 Å². The number of hydrazine groups is 1. The zero-order valence-corrected chi connectivity index (χ0v) is 13.9. The third-order valence-corrected chi connectivity index (χ3v) is 3.59. The van der Waals surface area contributed by atoms with E-state index in [0.29, 0.717) is 12.0 Å². The summed E-state index contributed by atoms with van der Waals surface area (Å²) in [6, 6.07) is 17.7. The van der Waals surface area contributed by atoms with Crippen molar-refractivity contribution in [3.8, 4) is 0 Å². The summed E-state index contributed by atoms with van der Waals surface area (Å²) >= 11 is 0. The quantitative estimate of drug-likeness (QED) is 0.623. The maximum Gasteiger partial charge on any atom is 0.313 e. The van der Waals surface area contributed by atoms with E-state index in [2.05, 4.69) is 10.9 Å². The molecule has 130 valence electrons. The normalized spacial score (nSPS) is 11.2. The van der Waals surface area contributed by atoms with E-state index in [9.17, 15) is 14.4 Å². The van der Waals surface area contributed by atoms with E-state index in [1.54, 1.807) is 30.3 Å². The number of benzene rings is 2. The van der Waals surface area contributed by atoms with E-state index in [0.717, 1.165) is 5.56 Å². The summed E-state index contributed by atoms with van der Waals surface area (Å²) in [5.41, 5.74) is 5.74. The summed E-state index contributed by atoms with van der Waals surface area (Å²) in [5.74, 6) is -1.96. The van der Waals surface area contributed by atoms with Crippen LogP contribution in [0.25, 0.3) is 0 Å². The van der Waals surface area contributed by atoms with Gasteiger partial charge in [-0.1, -0.05) is 55.5 Å². The first-order valence-electron chi connectivity index (χ1n) is 7.97. The molecule has 2 rings (SSSR count). The Kier molecular flexibility index (Phi) is 6.71. The van der Waals surface area contributed by atoms with E-state index in [4.69, 9.17) is 4.74 Å². The van der Waals surface area contributed by atoms with Crippen LogP contribution in [0, 0.1) is 0 Å². The molecule has 0 fully saturated rings. The van der Waals surface area contributed by atoms with Gasteiger partial charge in [0.25, 0.3) is 11.8 Å². The molecule has 0 aliphatic rings. The molecule has 2 N–H and O–H groups in total. The molecule has 6 nitrogen and oxygen atoms in total. The molecule has 0 saturated carbocycles. The van der Waals surface area contributed by atoms with Gasteiger partial charge in [0.05, 0.1) is 5.92 Å². The van der Waals surface area contributed by atoms with Gasteiger partial charge in [0.15, 0.2) is 6.61 Å². The highest BCUT2D eigenvalue weighted by Crippen LogP contribution is 2.20. The number of hydrogen-bond acceptors (Lipinski definition) is 4. The van der Waals surface area contributed by atoms with Gasteiger partial charge in [-0.05, 0) is 24.1 Å². The minimum atomic E-state index is -0.611. The van der Waals surface area contributed by atoms with Crippen LogP contribution in [-0.2, 0) is 14.3 Å². The SMILES string of the molecule is CCC(C(=O)OCC(=O)NNC(=O)c1ccccc1)c1ccccc1. The van der Waals surface area contributed by atoms with Gasteiger partial charge in [0, 0.05) is 5.56 Å². The fraction of sp³-hybridized carbons (Fsp3) is 0.211. The summed E-state index contributed by atoms with van der Waals surface area (Å²) in [6.07, 6.45) is 0.565. The van der Waals surface area contributed by atoms with Crippen LogP contribution in [0.4, 0.5) is 0 Å². The highest BCUT2D eigenvalue weighted by Gasteiger charge is 2.21. The topological polar surface area (TPSA) is 84.5 Å². The highest BCUT2D eigenvalue weighted by molar-refractivity contribution is 5.95. The van der Waals surface area contributed by atoms with Gasteiger partial charge >= 0.3 is 5.97 Å². The fourth-order valence-electron chi connectivity index (χ4n) is 2.29. The van der Waals surface area contributed by atoms with Gasteiger partial charge < -0.3 is 4.74 Å². The van der Waals surface area contributed by atoms with Gasteiger partial charge in [-0.15, -0.1) is 0 Å². The molecule has 0 aliphatic heterocycles. The van der Waals surface area contributed by atoms with Gasteiger partial charge in [-0.25, -0.2) is 0 Å². The van der Waals surface area contributed by atoms with E-state index in [1.165, 1.54) is 0 Å². The van der Waals surface area contributed by atoms with E-state index in [-0.39, 0.29) is 0 Å². The van der Waals surface area contributed by atoms with Crippen molar-refractivity contribution in [2.75, 3.05) is 6.61 Å². The number of amides is 2. The molecule has 0 saturated heterocycles. The van der Waals surface area contributed by atoms with Crippen molar-refractivity contribution in [1.82, 2.24) is 10.9 Å². The maximum atomic E-state index is 12.1. The molecule has 25 heavy (non-hydrogen) atoms. The van der Waals surface area contributed by atoms with Gasteiger partial charge in [-0.3, -0.25) is 25.2 Å². The predicted octanol–water partition coefficient (Wildman–Crippen LogP) is 2.18. The predicted molar refractivity (Wildman–Crippen MR) is 92.5 cm³/mol. The average Bonchev–Trinajstić information content (AvgIpc) is 2.66. The van der Waals surface area contributed by atoms with Crippen molar-refractivity contribution in [1.29, 1.82) is 0 Å². The Morgan fingerprint density at radius 3 is 2.12 bits per heavy atom. The first kappa shape index (κ1) is 18.2. The van der Waals surface area contributed by atoms with Gasteiger partial charge in [-0.2, -0.15) is 0 Å². The summed E-state index contributed by atoms with van der Waals surface area (Å²) in [7, 11) is 0. The number of ether oxygens (including phenoxy) is 1. The van der Waals surface area contributed by atoms with E-state index in [1.807, 2.05) is 37.3 Å². The van der Waals surface area contributed by atoms with E-state index < -0.39 is 30.3 Å². The molecule has 6 heteroatoms. The standard InChI is InChI=1S/C19H20N2O4/c1-2-16(14-9-5-3-6-10-14)19(24)25-13-17(22)20-21-18(23)15-11-7-4-8-12-15/h3-12,16H,2,13H2,1H3,(H,20,22)(H,21,23). The first-order valence-corrected chi connectivity index (χ1v) is 7.97. The fourth-order valence-corrected chi connectivity index (χ4v) is 2.29. The molecule has 0 heterocycles. The summed E-state index contributed by atoms with van der Waals surface area (Å²) < 4.78 is 5.05. The molecule has 1 atom stereocenters. The summed E-state index contributed by atoms with van der Waals surface area (Å²) in [4.78, 5) is 35.7. The van der Waals surface area contributed by atoms with Gasteiger partial charge in [0.1, 0.15) is 0 Å². The van der Waals surface area contributed by atoms with Crippen molar-refractivity contribution in [3.63, 3.8) is 0 Å². The van der Waals surface area contributed by atoms with Crippen molar-refractivity contribution in [2.45, 2.75) is 19.3 Å². The van der Waals surface area contributed by atoms with E-state index >= 15 is 0 Å². The first-order chi connectivity index (χ1) is 12.1. The molecule has 0 aromatic heterocycles. The molecule has 2 aromatic carbocycles. The second-order valence-electron chi connectivity index (χ2n) is 5.35. The molecule has 0 aliphatic carbocycles. The number of carbonyl (C=O) groups excluding carboxylic acids is 3. The Labute approximate surface area is 146 Å². The Bertz CT molecular complexity index is 717. The second-order valence-corrected chi connectivity index (χ2v) is 5.35. The minimum absolute atomic E-state index is 0.412. The second kappa shape index (κ2) is 9.22. The van der Waals surface area contributed by atoms with Crippen molar-refractivity contribution in [3.05, 3.63) is 71.8 Å². The third kappa shape index (κ3) is 5.46. The Balaban J connectivity index is 1.79. The molecule has 2 amide bonds. The van der Waals surface area contributed by atoms with Crippen molar-refractivity contribution >= 4 is 17.8 Å². The van der Waals surface area contributed by atoms with Crippen LogP contribution in [0.1, 0.15) is 35.2 Å². The Morgan fingerprint density at radius 1 is 0.920 bits per heavy atom. The average molecular weight is 340 g/mol. The zero-order chi connectivity index (χ0) is 18.1. The number of carbonyl (C=O) groups is 3. The van der Waals surface area contributed by atoms with Gasteiger partial charge in [0.2, 0.25) is 0 Å². The Morgan fingerprint density at radius 2 is 1.52 bits per heavy atom. The van der Waals surface area contributed by atoms with Crippen molar-refractivity contribution in [2.24, 2.45) is 0 Å². The molecule has 0 spiro atoms. The number of esters is 1.